The monoisotopic (exact) mass is 324 g/mol. The summed E-state index contributed by atoms with van der Waals surface area (Å²) in [5.41, 5.74) is 6.61. The van der Waals surface area contributed by atoms with Crippen LogP contribution in [0.3, 0.4) is 0 Å². The average molecular weight is 324 g/mol. The van der Waals surface area contributed by atoms with Gasteiger partial charge in [0.1, 0.15) is 6.04 Å². The van der Waals surface area contributed by atoms with E-state index in [1.54, 1.807) is 0 Å². The highest BCUT2D eigenvalue weighted by Crippen LogP contribution is 2.27. The Hall–Kier alpha value is -2.36. The zero-order valence-electron chi connectivity index (χ0n) is 13.8. The summed E-state index contributed by atoms with van der Waals surface area (Å²) in [6, 6.07) is 13.9. The molecule has 1 aliphatic carbocycles. The molecule has 4 heteroatoms. The van der Waals surface area contributed by atoms with Gasteiger partial charge in [0.05, 0.1) is 0 Å². The minimum absolute atomic E-state index is 0.0983. The number of carbonyl (C=O) groups excluding carboxylic acids is 2. The lowest BCUT2D eigenvalue weighted by Crippen LogP contribution is -2.48. The molecule has 0 aromatic heterocycles. The summed E-state index contributed by atoms with van der Waals surface area (Å²) >= 11 is 0. The Morgan fingerprint density at radius 1 is 1.08 bits per heavy atom. The lowest BCUT2D eigenvalue weighted by atomic mass is 9.97. The number of hydrogen-bond acceptors (Lipinski definition) is 2. The van der Waals surface area contributed by atoms with E-state index in [1.165, 1.54) is 10.8 Å². The Bertz CT molecular complexity index is 735. The van der Waals surface area contributed by atoms with Crippen molar-refractivity contribution in [2.24, 2.45) is 11.7 Å². The fraction of sp³-hybridized carbons (Fsp3) is 0.400. The van der Waals surface area contributed by atoms with E-state index in [0.717, 1.165) is 31.2 Å². The van der Waals surface area contributed by atoms with Crippen LogP contribution in [0.1, 0.15) is 37.7 Å². The first-order valence-corrected chi connectivity index (χ1v) is 8.70. The molecular formula is C20H24N2O2. The maximum atomic E-state index is 12.2. The first kappa shape index (κ1) is 16.5. The van der Waals surface area contributed by atoms with Crippen LogP contribution in [0, 0.1) is 5.92 Å². The Morgan fingerprint density at radius 3 is 2.50 bits per heavy atom. The van der Waals surface area contributed by atoms with Gasteiger partial charge in [0.15, 0.2) is 0 Å². The molecule has 1 aliphatic rings. The fourth-order valence-corrected chi connectivity index (χ4v) is 3.61. The number of carbonyl (C=O) groups is 2. The maximum Gasteiger partial charge on any atom is 0.240 e. The molecule has 24 heavy (non-hydrogen) atoms. The number of nitrogens with one attached hydrogen (secondary N) is 1. The second kappa shape index (κ2) is 7.47. The summed E-state index contributed by atoms with van der Waals surface area (Å²) in [5.74, 6) is -0.313. The average Bonchev–Trinajstić information content (AvgIpc) is 3.11. The molecule has 3 rings (SSSR count). The molecule has 1 atom stereocenters. The van der Waals surface area contributed by atoms with E-state index in [4.69, 9.17) is 5.73 Å². The van der Waals surface area contributed by atoms with Gasteiger partial charge in [-0.1, -0.05) is 55.3 Å². The minimum Gasteiger partial charge on any atom is -0.368 e. The van der Waals surface area contributed by atoms with Crippen molar-refractivity contribution in [2.75, 3.05) is 0 Å². The molecule has 0 bridgehead atoms. The molecule has 1 fully saturated rings. The topological polar surface area (TPSA) is 72.2 Å². The predicted molar refractivity (Wildman–Crippen MR) is 95.4 cm³/mol. The standard InChI is InChI=1S/C20H24N2O2/c21-20(24)19(16-6-2-3-7-16)22-18(23)12-10-14-9-11-15-5-1-4-8-17(15)13-14/h1,4-5,8-9,11,13,16,19H,2-3,6-7,10,12H2,(H2,21,24)(H,22,23). The minimum atomic E-state index is -0.517. The smallest absolute Gasteiger partial charge is 0.240 e. The van der Waals surface area contributed by atoms with Gasteiger partial charge in [-0.15, -0.1) is 0 Å². The van der Waals surface area contributed by atoms with Gasteiger partial charge in [-0.25, -0.2) is 0 Å². The zero-order valence-corrected chi connectivity index (χ0v) is 13.8. The molecule has 0 spiro atoms. The van der Waals surface area contributed by atoms with Crippen LogP contribution in [0.2, 0.25) is 0 Å². The van der Waals surface area contributed by atoms with Crippen molar-refractivity contribution in [3.8, 4) is 0 Å². The molecular weight excluding hydrogens is 300 g/mol. The van der Waals surface area contributed by atoms with Crippen molar-refractivity contribution < 1.29 is 9.59 Å². The summed E-state index contributed by atoms with van der Waals surface area (Å²) in [5, 5.41) is 5.22. The van der Waals surface area contributed by atoms with Crippen molar-refractivity contribution in [3.05, 3.63) is 48.0 Å². The molecule has 3 N–H and O–H groups in total. The number of aryl methyl sites for hydroxylation is 1. The fourth-order valence-electron chi connectivity index (χ4n) is 3.61. The van der Waals surface area contributed by atoms with Crippen LogP contribution in [0.4, 0.5) is 0 Å². The summed E-state index contributed by atoms with van der Waals surface area (Å²) in [6.45, 7) is 0. The number of amides is 2. The first-order chi connectivity index (χ1) is 11.6. The number of hydrogen-bond donors (Lipinski definition) is 2. The van der Waals surface area contributed by atoms with E-state index >= 15 is 0 Å². The van der Waals surface area contributed by atoms with Crippen LogP contribution in [0.15, 0.2) is 42.5 Å². The van der Waals surface area contributed by atoms with Gasteiger partial charge in [-0.05, 0) is 41.5 Å². The molecule has 2 aromatic rings. The third-order valence-corrected chi connectivity index (χ3v) is 4.95. The van der Waals surface area contributed by atoms with E-state index in [-0.39, 0.29) is 11.8 Å². The molecule has 2 aromatic carbocycles. The highest BCUT2D eigenvalue weighted by atomic mass is 16.2. The van der Waals surface area contributed by atoms with Crippen molar-refractivity contribution in [1.29, 1.82) is 0 Å². The van der Waals surface area contributed by atoms with Gasteiger partial charge in [-0.2, -0.15) is 0 Å². The number of nitrogens with two attached hydrogens (primary N) is 1. The molecule has 0 radical (unpaired) electrons. The van der Waals surface area contributed by atoms with Crippen molar-refractivity contribution in [1.82, 2.24) is 5.32 Å². The Kier molecular flexibility index (Phi) is 5.14. The second-order valence-corrected chi connectivity index (χ2v) is 6.67. The van der Waals surface area contributed by atoms with E-state index in [9.17, 15) is 9.59 Å². The lowest BCUT2D eigenvalue weighted by Gasteiger charge is -2.21. The van der Waals surface area contributed by atoms with Gasteiger partial charge in [0.2, 0.25) is 11.8 Å². The Labute approximate surface area is 142 Å². The van der Waals surface area contributed by atoms with E-state index < -0.39 is 11.9 Å². The van der Waals surface area contributed by atoms with Crippen molar-refractivity contribution >= 4 is 22.6 Å². The first-order valence-electron chi connectivity index (χ1n) is 8.70. The van der Waals surface area contributed by atoms with E-state index in [2.05, 4.69) is 35.6 Å². The molecule has 0 aliphatic heterocycles. The summed E-state index contributed by atoms with van der Waals surface area (Å²) < 4.78 is 0. The van der Waals surface area contributed by atoms with E-state index in [0.29, 0.717) is 12.8 Å². The molecule has 0 saturated heterocycles. The van der Waals surface area contributed by atoms with Crippen LogP contribution >= 0.6 is 0 Å². The van der Waals surface area contributed by atoms with Gasteiger partial charge in [0, 0.05) is 6.42 Å². The lowest BCUT2D eigenvalue weighted by molar-refractivity contribution is -0.128. The number of primary amides is 1. The third kappa shape index (κ3) is 3.94. The van der Waals surface area contributed by atoms with Gasteiger partial charge < -0.3 is 11.1 Å². The second-order valence-electron chi connectivity index (χ2n) is 6.67. The Balaban J connectivity index is 1.58. The zero-order chi connectivity index (χ0) is 16.9. The van der Waals surface area contributed by atoms with Gasteiger partial charge in [-0.3, -0.25) is 9.59 Å². The molecule has 4 nitrogen and oxygen atoms in total. The van der Waals surface area contributed by atoms with Crippen LogP contribution in [-0.2, 0) is 16.0 Å². The number of fused-ring (bicyclic) bond motifs is 1. The van der Waals surface area contributed by atoms with Crippen LogP contribution < -0.4 is 11.1 Å². The molecule has 2 amide bonds. The summed E-state index contributed by atoms with van der Waals surface area (Å²) in [7, 11) is 0. The molecule has 126 valence electrons. The SMILES string of the molecule is NC(=O)C(NC(=O)CCc1ccc2ccccc2c1)C1CCCC1. The number of rotatable bonds is 6. The van der Waals surface area contributed by atoms with Crippen molar-refractivity contribution in [3.63, 3.8) is 0 Å². The Morgan fingerprint density at radius 2 is 1.79 bits per heavy atom. The van der Waals surface area contributed by atoms with E-state index in [1.807, 2.05) is 12.1 Å². The molecule has 1 saturated carbocycles. The van der Waals surface area contributed by atoms with Gasteiger partial charge >= 0.3 is 0 Å². The maximum absolute atomic E-state index is 12.2. The predicted octanol–water partition coefficient (Wildman–Crippen LogP) is 2.93. The van der Waals surface area contributed by atoms with Crippen LogP contribution in [0.25, 0.3) is 10.8 Å². The highest BCUT2D eigenvalue weighted by Gasteiger charge is 2.30. The molecule has 1 unspecified atom stereocenters. The largest absolute Gasteiger partial charge is 0.368 e. The number of benzene rings is 2. The normalized spacial score (nSPS) is 16.2. The summed E-state index contributed by atoms with van der Waals surface area (Å²) in [6.07, 6.45) is 5.20. The quantitative estimate of drug-likeness (QED) is 0.857. The van der Waals surface area contributed by atoms with Crippen molar-refractivity contribution in [2.45, 2.75) is 44.6 Å². The van der Waals surface area contributed by atoms with Gasteiger partial charge in [0.25, 0.3) is 0 Å². The van der Waals surface area contributed by atoms with Crippen LogP contribution in [0.5, 0.6) is 0 Å². The summed E-state index contributed by atoms with van der Waals surface area (Å²) in [4.78, 5) is 23.9. The molecule has 0 heterocycles. The van der Waals surface area contributed by atoms with Crippen LogP contribution in [-0.4, -0.2) is 17.9 Å². The third-order valence-electron chi connectivity index (χ3n) is 4.95. The highest BCUT2D eigenvalue weighted by molar-refractivity contribution is 5.87.